The van der Waals surface area contributed by atoms with E-state index in [0.29, 0.717) is 0 Å². The Hall–Kier alpha value is -4.88. The van der Waals surface area contributed by atoms with Crippen LogP contribution in [0.3, 0.4) is 0 Å². The normalized spacial score (nSPS) is 10.4. The second kappa shape index (κ2) is 18.2. The van der Waals surface area contributed by atoms with Crippen LogP contribution in [0.4, 0.5) is 0 Å². The molecule has 0 fully saturated rings. The number of hydrogen-bond acceptors (Lipinski definition) is 0. The number of fused-ring (bicyclic) bond motifs is 4. The number of H-pyrrole nitrogens is 2. The Morgan fingerprint density at radius 1 is 0.420 bits per heavy atom. The molecule has 0 amide bonds. The predicted molar refractivity (Wildman–Crippen MR) is 227 cm³/mol. The average Bonchev–Trinajstić information content (AvgIpc) is 3.96. The van der Waals surface area contributed by atoms with Crippen LogP contribution in [0.25, 0.3) is 66.1 Å². The zero-order chi connectivity index (χ0) is 35.3. The van der Waals surface area contributed by atoms with Crippen molar-refractivity contribution in [3.63, 3.8) is 0 Å². The zero-order valence-electron chi connectivity index (χ0n) is 29.5. The van der Waals surface area contributed by atoms with Gasteiger partial charge >= 0.3 is 0 Å². The van der Waals surface area contributed by atoms with Crippen LogP contribution in [0, 0.1) is 0 Å². The quantitative estimate of drug-likeness (QED) is 0.169. The first-order chi connectivity index (χ1) is 24.5. The van der Waals surface area contributed by atoms with E-state index < -0.39 is 0 Å². The highest BCUT2D eigenvalue weighted by Gasteiger charge is 2.11. The summed E-state index contributed by atoms with van der Waals surface area (Å²) in [4.78, 5) is 6.24. The fourth-order valence-electron chi connectivity index (χ4n) is 5.62. The summed E-state index contributed by atoms with van der Waals surface area (Å²) in [7, 11) is 5.68. The van der Waals surface area contributed by atoms with E-state index in [1.54, 1.807) is 0 Å². The minimum atomic E-state index is 1.20. The molecule has 0 bridgehead atoms. The summed E-state index contributed by atoms with van der Waals surface area (Å²) in [5, 5.41) is 5.06. The highest BCUT2D eigenvalue weighted by atomic mass is 31.0. The molecule has 2 unspecified atom stereocenters. The van der Waals surface area contributed by atoms with Crippen LogP contribution in [0.2, 0.25) is 0 Å². The molecular formula is C44H48N4P2. The van der Waals surface area contributed by atoms with Crippen molar-refractivity contribution in [1.29, 1.82) is 0 Å². The van der Waals surface area contributed by atoms with Gasteiger partial charge in [-0.2, -0.15) is 0 Å². The molecule has 4 heterocycles. The molecule has 5 aromatic carbocycles. The molecule has 4 nitrogen and oxygen atoms in total. The molecule has 254 valence electrons. The minimum absolute atomic E-state index is 1.20. The molecule has 0 saturated heterocycles. The van der Waals surface area contributed by atoms with Crippen molar-refractivity contribution < 1.29 is 0 Å². The van der Waals surface area contributed by atoms with Gasteiger partial charge in [-0.15, -0.1) is 0 Å². The van der Waals surface area contributed by atoms with Crippen molar-refractivity contribution in [2.75, 3.05) is 0 Å². The molecule has 0 aliphatic heterocycles. The second-order valence-electron chi connectivity index (χ2n) is 12.0. The summed E-state index contributed by atoms with van der Waals surface area (Å²) in [6, 6.07) is 50.7. The number of para-hydroxylation sites is 4. The highest BCUT2D eigenvalue weighted by molar-refractivity contribution is 7.15. The third kappa shape index (κ3) is 8.82. The Labute approximate surface area is 301 Å². The standard InChI is InChI=1S/C22H18N2P2.2C8H7N.2C3H8/c25-23-19-10-3-1-6-17(19)13-21(23)15-8-5-9-16(12-15)22-14-18-7-2-4-11-20(18)24(22)26;2*1-2-4-8-7(3-1)5-6-9-8;2*1-3-2/h1-14H,25-26H2;2*1-6,9H;2*3H2,1-2H3. The molecule has 0 aliphatic carbocycles. The van der Waals surface area contributed by atoms with Gasteiger partial charge in [0.15, 0.2) is 0 Å². The van der Waals surface area contributed by atoms with Gasteiger partial charge in [0.1, 0.15) is 0 Å². The lowest BCUT2D eigenvalue weighted by atomic mass is 10.1. The number of benzene rings is 5. The van der Waals surface area contributed by atoms with Crippen molar-refractivity contribution in [2.45, 2.75) is 40.5 Å². The van der Waals surface area contributed by atoms with Gasteiger partial charge < -0.3 is 18.6 Å². The predicted octanol–water partition coefficient (Wildman–Crippen LogP) is 13.4. The number of hydrogen-bond donors (Lipinski definition) is 2. The van der Waals surface area contributed by atoms with E-state index in [4.69, 9.17) is 0 Å². The zero-order valence-corrected chi connectivity index (χ0v) is 31.8. The third-order valence-corrected chi connectivity index (χ3v) is 8.99. The van der Waals surface area contributed by atoms with Crippen LogP contribution >= 0.6 is 18.8 Å². The van der Waals surface area contributed by atoms with E-state index in [1.807, 2.05) is 36.7 Å². The Kier molecular flexibility index (Phi) is 13.3. The molecule has 50 heavy (non-hydrogen) atoms. The van der Waals surface area contributed by atoms with Crippen LogP contribution < -0.4 is 0 Å². The molecule has 2 atom stereocenters. The lowest BCUT2D eigenvalue weighted by molar-refractivity contribution is 1.09. The number of aromatic nitrogens is 4. The van der Waals surface area contributed by atoms with Crippen molar-refractivity contribution >= 4 is 62.4 Å². The monoisotopic (exact) mass is 694 g/mol. The molecule has 9 rings (SSSR count). The number of aromatic amines is 2. The molecule has 2 N–H and O–H groups in total. The van der Waals surface area contributed by atoms with Gasteiger partial charge in [-0.1, -0.05) is 132 Å². The van der Waals surface area contributed by atoms with Gasteiger partial charge in [-0.25, -0.2) is 0 Å². The fourth-order valence-corrected chi connectivity index (χ4v) is 6.54. The van der Waals surface area contributed by atoms with Crippen LogP contribution in [0.15, 0.2) is 158 Å². The summed E-state index contributed by atoms with van der Waals surface area (Å²) in [5.41, 5.74) is 9.67. The molecule has 0 aliphatic rings. The SMILES string of the molecule is CCC.CCC.Pn1c(-c2cccc(-c3cc4ccccc4n3P)c2)cc2ccccc21.c1ccc2[nH]ccc2c1.c1ccc2[nH]ccc2c1. The van der Waals surface area contributed by atoms with Crippen molar-refractivity contribution in [1.82, 2.24) is 18.6 Å². The van der Waals surface area contributed by atoms with Crippen molar-refractivity contribution in [2.24, 2.45) is 0 Å². The molecule has 4 aromatic heterocycles. The van der Waals surface area contributed by atoms with E-state index in [1.165, 1.54) is 79.0 Å². The lowest BCUT2D eigenvalue weighted by Crippen LogP contribution is -1.88. The molecular weight excluding hydrogens is 646 g/mol. The molecule has 0 radical (unpaired) electrons. The van der Waals surface area contributed by atoms with Crippen LogP contribution in [0.1, 0.15) is 40.5 Å². The maximum atomic E-state index is 3.12. The summed E-state index contributed by atoms with van der Waals surface area (Å²) < 4.78 is 4.37. The Morgan fingerprint density at radius 2 is 0.780 bits per heavy atom. The largest absolute Gasteiger partial charge is 0.361 e. The van der Waals surface area contributed by atoms with E-state index in [-0.39, 0.29) is 0 Å². The van der Waals surface area contributed by atoms with Crippen LogP contribution in [0.5, 0.6) is 0 Å². The first-order valence-electron chi connectivity index (χ1n) is 17.3. The molecule has 0 spiro atoms. The smallest absolute Gasteiger partial charge is 0.0521 e. The Balaban J connectivity index is 0.000000164. The van der Waals surface area contributed by atoms with E-state index >= 15 is 0 Å². The van der Waals surface area contributed by atoms with Crippen molar-refractivity contribution in [3.8, 4) is 22.5 Å². The summed E-state index contributed by atoms with van der Waals surface area (Å²) >= 11 is 0. The summed E-state index contributed by atoms with van der Waals surface area (Å²) in [6.07, 6.45) is 6.40. The second-order valence-corrected chi connectivity index (χ2v) is 13.1. The van der Waals surface area contributed by atoms with Gasteiger partial charge in [0.2, 0.25) is 0 Å². The maximum absolute atomic E-state index is 3.12. The molecule has 0 saturated carbocycles. The topological polar surface area (TPSA) is 41.4 Å². The summed E-state index contributed by atoms with van der Waals surface area (Å²) in [5.74, 6) is 0. The minimum Gasteiger partial charge on any atom is -0.361 e. The van der Waals surface area contributed by atoms with Crippen molar-refractivity contribution in [3.05, 3.63) is 158 Å². The van der Waals surface area contributed by atoms with Crippen LogP contribution in [-0.2, 0) is 0 Å². The highest BCUT2D eigenvalue weighted by Crippen LogP contribution is 2.35. The van der Waals surface area contributed by atoms with Crippen LogP contribution in [-0.4, -0.2) is 18.6 Å². The molecule has 9 aromatic rings. The van der Waals surface area contributed by atoms with Gasteiger partial charge in [-0.05, 0) is 95.3 Å². The average molecular weight is 695 g/mol. The Bertz CT molecular complexity index is 2150. The fraction of sp³-hybridized carbons (Fsp3) is 0.136. The maximum Gasteiger partial charge on any atom is 0.0521 e. The van der Waals surface area contributed by atoms with E-state index in [2.05, 4.69) is 186 Å². The van der Waals surface area contributed by atoms with Gasteiger partial charge in [-0.3, -0.25) is 0 Å². The number of rotatable bonds is 2. The van der Waals surface area contributed by atoms with Gasteiger partial charge in [0.25, 0.3) is 0 Å². The summed E-state index contributed by atoms with van der Waals surface area (Å²) in [6.45, 7) is 8.50. The van der Waals surface area contributed by atoms with E-state index in [0.717, 1.165) is 0 Å². The van der Waals surface area contributed by atoms with Gasteiger partial charge in [0.05, 0.1) is 22.4 Å². The lowest BCUT2D eigenvalue weighted by Gasteiger charge is -2.08. The van der Waals surface area contributed by atoms with E-state index in [9.17, 15) is 0 Å². The third-order valence-electron chi connectivity index (χ3n) is 7.88. The molecule has 6 heteroatoms. The number of nitrogens with one attached hydrogen (secondary N) is 2. The Morgan fingerprint density at radius 3 is 1.16 bits per heavy atom. The first kappa shape index (κ1) is 36.4. The van der Waals surface area contributed by atoms with Gasteiger partial charge in [0, 0.05) is 34.2 Å². The first-order valence-corrected chi connectivity index (χ1v) is 18.4. The number of nitrogens with zero attached hydrogens (tertiary/aromatic N) is 2.